The molecule has 206 valence electrons. The van der Waals surface area contributed by atoms with E-state index < -0.39 is 24.1 Å². The molecule has 39 heavy (non-hydrogen) atoms. The standard InChI is InChI=1S/C30H36N4O5/c1-20-10-8-9-13-25(20)32-30(38)33-26-15-14-24(18-27(26)39-4)21(2)29(37)31-22(3)34(17-16-28(35)36)19-23-11-6-5-7-12-23/h5-15,18,21-22H,16-17,19H2,1-4H3,(H,31,37)(H,35,36)(H2,32,33,38). The van der Waals surface area contributed by atoms with Gasteiger partial charge in [0.05, 0.1) is 31.3 Å². The van der Waals surface area contributed by atoms with Gasteiger partial charge in [-0.25, -0.2) is 4.79 Å². The molecule has 0 bridgehead atoms. The lowest BCUT2D eigenvalue weighted by Crippen LogP contribution is -2.47. The number of ether oxygens (including phenoxy) is 1. The number of urea groups is 1. The van der Waals surface area contributed by atoms with E-state index in [0.717, 1.165) is 11.1 Å². The molecular weight excluding hydrogens is 496 g/mol. The molecule has 3 amide bonds. The van der Waals surface area contributed by atoms with Crippen molar-refractivity contribution >= 4 is 29.3 Å². The van der Waals surface area contributed by atoms with Crippen molar-refractivity contribution in [2.24, 2.45) is 0 Å². The number of anilines is 2. The van der Waals surface area contributed by atoms with Crippen LogP contribution in [0.3, 0.4) is 0 Å². The number of amides is 3. The average Bonchev–Trinajstić information content (AvgIpc) is 2.92. The molecule has 0 heterocycles. The Morgan fingerprint density at radius 2 is 1.59 bits per heavy atom. The SMILES string of the molecule is COc1cc(C(C)C(=O)NC(C)N(CCC(=O)O)Cc2ccccc2)ccc1NC(=O)Nc1ccccc1C. The zero-order valence-electron chi connectivity index (χ0n) is 22.7. The molecule has 3 aromatic carbocycles. The van der Waals surface area contributed by atoms with Crippen LogP contribution in [0.25, 0.3) is 0 Å². The summed E-state index contributed by atoms with van der Waals surface area (Å²) in [4.78, 5) is 38.9. The number of para-hydroxylation sites is 1. The van der Waals surface area contributed by atoms with E-state index in [1.54, 1.807) is 25.1 Å². The van der Waals surface area contributed by atoms with E-state index >= 15 is 0 Å². The van der Waals surface area contributed by atoms with E-state index in [1.165, 1.54) is 7.11 Å². The summed E-state index contributed by atoms with van der Waals surface area (Å²) in [6.07, 6.45) is -0.432. The molecule has 0 fully saturated rings. The Bertz CT molecular complexity index is 1280. The molecule has 9 nitrogen and oxygen atoms in total. The first-order valence-corrected chi connectivity index (χ1v) is 12.8. The van der Waals surface area contributed by atoms with Crippen molar-refractivity contribution in [3.05, 3.63) is 89.5 Å². The van der Waals surface area contributed by atoms with Crippen LogP contribution in [-0.4, -0.2) is 47.7 Å². The Labute approximate surface area is 229 Å². The van der Waals surface area contributed by atoms with E-state index in [9.17, 15) is 19.5 Å². The molecule has 3 rings (SSSR count). The third-order valence-electron chi connectivity index (χ3n) is 6.50. The molecule has 0 aliphatic carbocycles. The van der Waals surface area contributed by atoms with E-state index in [-0.39, 0.29) is 12.3 Å². The molecule has 2 atom stereocenters. The zero-order chi connectivity index (χ0) is 28.4. The van der Waals surface area contributed by atoms with Gasteiger partial charge in [0.15, 0.2) is 0 Å². The first-order chi connectivity index (χ1) is 18.7. The van der Waals surface area contributed by atoms with Gasteiger partial charge in [0.25, 0.3) is 0 Å². The second-order valence-corrected chi connectivity index (χ2v) is 9.36. The zero-order valence-corrected chi connectivity index (χ0v) is 22.7. The van der Waals surface area contributed by atoms with Crippen molar-refractivity contribution in [3.8, 4) is 5.75 Å². The molecule has 4 N–H and O–H groups in total. The van der Waals surface area contributed by atoms with Crippen LogP contribution in [0.2, 0.25) is 0 Å². The highest BCUT2D eigenvalue weighted by Gasteiger charge is 2.23. The van der Waals surface area contributed by atoms with Crippen LogP contribution in [0, 0.1) is 6.92 Å². The molecule has 0 saturated carbocycles. The Kier molecular flexibility index (Phi) is 10.5. The molecular formula is C30H36N4O5. The topological polar surface area (TPSA) is 120 Å². The van der Waals surface area contributed by atoms with Gasteiger partial charge in [0, 0.05) is 18.8 Å². The summed E-state index contributed by atoms with van der Waals surface area (Å²) in [6, 6.07) is 22.0. The van der Waals surface area contributed by atoms with Crippen LogP contribution in [-0.2, 0) is 16.1 Å². The highest BCUT2D eigenvalue weighted by Crippen LogP contribution is 2.29. The summed E-state index contributed by atoms with van der Waals surface area (Å²) in [5.74, 6) is -1.20. The number of carboxylic acids is 1. The number of carboxylic acid groups (broad SMARTS) is 1. The largest absolute Gasteiger partial charge is 0.495 e. The van der Waals surface area contributed by atoms with Crippen LogP contribution in [0.5, 0.6) is 5.75 Å². The first kappa shape index (κ1) is 29.2. The quantitative estimate of drug-likeness (QED) is 0.238. The predicted molar refractivity (Wildman–Crippen MR) is 152 cm³/mol. The third kappa shape index (κ3) is 8.58. The van der Waals surface area contributed by atoms with Gasteiger partial charge < -0.3 is 25.8 Å². The summed E-state index contributed by atoms with van der Waals surface area (Å²) in [5.41, 5.74) is 3.85. The highest BCUT2D eigenvalue weighted by molar-refractivity contribution is 6.01. The Hall–Kier alpha value is -4.37. The van der Waals surface area contributed by atoms with Crippen molar-refractivity contribution in [2.45, 2.75) is 45.8 Å². The third-order valence-corrected chi connectivity index (χ3v) is 6.50. The number of nitrogens with zero attached hydrogens (tertiary/aromatic N) is 1. The van der Waals surface area contributed by atoms with Gasteiger partial charge >= 0.3 is 12.0 Å². The minimum atomic E-state index is -0.895. The molecule has 0 aliphatic rings. The molecule has 0 aromatic heterocycles. The average molecular weight is 533 g/mol. The van der Waals surface area contributed by atoms with Crippen molar-refractivity contribution in [2.75, 3.05) is 24.3 Å². The molecule has 0 saturated heterocycles. The summed E-state index contributed by atoms with van der Waals surface area (Å²) in [7, 11) is 1.50. The Balaban J connectivity index is 1.67. The maximum Gasteiger partial charge on any atom is 0.323 e. The fourth-order valence-electron chi connectivity index (χ4n) is 4.11. The molecule has 2 unspecified atom stereocenters. The second kappa shape index (κ2) is 14.0. The lowest BCUT2D eigenvalue weighted by Gasteiger charge is -2.30. The van der Waals surface area contributed by atoms with Crippen LogP contribution < -0.4 is 20.7 Å². The van der Waals surface area contributed by atoms with Gasteiger partial charge in [-0.15, -0.1) is 0 Å². The molecule has 3 aromatic rings. The summed E-state index contributed by atoms with van der Waals surface area (Å²) >= 11 is 0. The number of benzene rings is 3. The highest BCUT2D eigenvalue weighted by atomic mass is 16.5. The van der Waals surface area contributed by atoms with E-state index in [2.05, 4.69) is 16.0 Å². The number of carbonyl (C=O) groups excluding carboxylic acids is 2. The summed E-state index contributed by atoms with van der Waals surface area (Å²) in [6.45, 7) is 6.33. The molecule has 0 radical (unpaired) electrons. The summed E-state index contributed by atoms with van der Waals surface area (Å²) < 4.78 is 5.49. The normalized spacial score (nSPS) is 12.3. The van der Waals surface area contributed by atoms with Crippen LogP contribution >= 0.6 is 0 Å². The molecule has 0 aliphatic heterocycles. The van der Waals surface area contributed by atoms with E-state index in [1.807, 2.05) is 73.3 Å². The maximum absolute atomic E-state index is 13.2. The lowest BCUT2D eigenvalue weighted by atomic mass is 9.99. The van der Waals surface area contributed by atoms with Gasteiger partial charge in [0.1, 0.15) is 5.75 Å². The van der Waals surface area contributed by atoms with Crippen LogP contribution in [0.1, 0.15) is 42.9 Å². The van der Waals surface area contributed by atoms with Crippen molar-refractivity contribution < 1.29 is 24.2 Å². The monoisotopic (exact) mass is 532 g/mol. The fourth-order valence-corrected chi connectivity index (χ4v) is 4.11. The van der Waals surface area contributed by atoms with Gasteiger partial charge in [-0.1, -0.05) is 54.6 Å². The molecule has 9 heteroatoms. The van der Waals surface area contributed by atoms with Crippen molar-refractivity contribution in [3.63, 3.8) is 0 Å². The van der Waals surface area contributed by atoms with Crippen molar-refractivity contribution in [1.29, 1.82) is 0 Å². The Morgan fingerprint density at radius 1 is 0.923 bits per heavy atom. The first-order valence-electron chi connectivity index (χ1n) is 12.8. The summed E-state index contributed by atoms with van der Waals surface area (Å²) in [5, 5.41) is 17.8. The predicted octanol–water partition coefficient (Wildman–Crippen LogP) is 5.19. The number of aryl methyl sites for hydroxylation is 1. The Morgan fingerprint density at radius 3 is 2.26 bits per heavy atom. The number of carbonyl (C=O) groups is 3. The lowest BCUT2D eigenvalue weighted by molar-refractivity contribution is -0.137. The fraction of sp³-hybridized carbons (Fsp3) is 0.300. The number of rotatable bonds is 12. The number of hydrogen-bond acceptors (Lipinski definition) is 5. The smallest absolute Gasteiger partial charge is 0.323 e. The number of aliphatic carboxylic acids is 1. The number of hydrogen-bond donors (Lipinski definition) is 4. The van der Waals surface area contributed by atoms with Gasteiger partial charge in [0.2, 0.25) is 5.91 Å². The van der Waals surface area contributed by atoms with Gasteiger partial charge in [-0.2, -0.15) is 0 Å². The van der Waals surface area contributed by atoms with Crippen LogP contribution in [0.4, 0.5) is 16.2 Å². The van der Waals surface area contributed by atoms with Crippen molar-refractivity contribution in [1.82, 2.24) is 10.2 Å². The number of nitrogens with one attached hydrogen (secondary N) is 3. The van der Waals surface area contributed by atoms with Crippen LogP contribution in [0.15, 0.2) is 72.8 Å². The van der Waals surface area contributed by atoms with E-state index in [0.29, 0.717) is 35.8 Å². The van der Waals surface area contributed by atoms with Gasteiger partial charge in [-0.3, -0.25) is 14.5 Å². The maximum atomic E-state index is 13.2. The minimum absolute atomic E-state index is 0.0360. The number of methoxy groups -OCH3 is 1. The molecule has 0 spiro atoms. The second-order valence-electron chi connectivity index (χ2n) is 9.36. The minimum Gasteiger partial charge on any atom is -0.495 e. The van der Waals surface area contributed by atoms with E-state index in [4.69, 9.17) is 4.74 Å². The van der Waals surface area contributed by atoms with Gasteiger partial charge in [-0.05, 0) is 55.7 Å².